The van der Waals surface area contributed by atoms with Gasteiger partial charge in [0.05, 0.1) is 19.3 Å². The second kappa shape index (κ2) is 3.64. The van der Waals surface area contributed by atoms with Crippen molar-refractivity contribution in [3.8, 4) is 0 Å². The van der Waals surface area contributed by atoms with E-state index in [1.54, 1.807) is 0 Å². The van der Waals surface area contributed by atoms with Gasteiger partial charge in [0.25, 0.3) is 0 Å². The predicted octanol–water partition coefficient (Wildman–Crippen LogP) is -0.643. The maximum atomic E-state index is 11.6. The lowest BCUT2D eigenvalue weighted by Gasteiger charge is -2.34. The van der Waals surface area contributed by atoms with Crippen molar-refractivity contribution in [1.82, 2.24) is 10.6 Å². The minimum atomic E-state index is 0.141. The first-order chi connectivity index (χ1) is 6.27. The molecule has 13 heavy (non-hydrogen) atoms. The SMILES string of the molecule is CC(C(=O)NC1COC1)C1CNC1. The molecule has 0 saturated carbocycles. The van der Waals surface area contributed by atoms with Gasteiger partial charge in [0.1, 0.15) is 0 Å². The third-order valence-corrected chi connectivity index (χ3v) is 2.92. The maximum absolute atomic E-state index is 11.6. The van der Waals surface area contributed by atoms with Crippen molar-refractivity contribution in [2.45, 2.75) is 13.0 Å². The molecule has 2 rings (SSSR count). The molecule has 74 valence electrons. The summed E-state index contributed by atoms with van der Waals surface area (Å²) in [5.74, 6) is 0.850. The van der Waals surface area contributed by atoms with E-state index in [-0.39, 0.29) is 17.9 Å². The van der Waals surface area contributed by atoms with Crippen molar-refractivity contribution in [3.63, 3.8) is 0 Å². The second-order valence-electron chi connectivity index (χ2n) is 3.95. The van der Waals surface area contributed by atoms with Gasteiger partial charge in [0, 0.05) is 5.92 Å². The Labute approximate surface area is 78.0 Å². The van der Waals surface area contributed by atoms with Gasteiger partial charge >= 0.3 is 0 Å². The Bertz CT molecular complexity index is 200. The zero-order valence-corrected chi connectivity index (χ0v) is 7.88. The molecular weight excluding hydrogens is 168 g/mol. The number of ether oxygens (including phenoxy) is 1. The van der Waals surface area contributed by atoms with Crippen LogP contribution in [0, 0.1) is 11.8 Å². The molecule has 2 saturated heterocycles. The van der Waals surface area contributed by atoms with Crippen LogP contribution in [-0.4, -0.2) is 38.3 Å². The van der Waals surface area contributed by atoms with E-state index >= 15 is 0 Å². The molecule has 0 aromatic rings. The van der Waals surface area contributed by atoms with Crippen molar-refractivity contribution < 1.29 is 9.53 Å². The molecule has 2 aliphatic rings. The van der Waals surface area contributed by atoms with E-state index in [4.69, 9.17) is 4.74 Å². The Balaban J connectivity index is 1.74. The van der Waals surface area contributed by atoms with E-state index in [0.29, 0.717) is 19.1 Å². The molecule has 0 radical (unpaired) electrons. The van der Waals surface area contributed by atoms with Gasteiger partial charge < -0.3 is 15.4 Å². The molecule has 4 nitrogen and oxygen atoms in total. The lowest BCUT2D eigenvalue weighted by atomic mass is 9.88. The van der Waals surface area contributed by atoms with E-state index in [0.717, 1.165) is 13.1 Å². The van der Waals surface area contributed by atoms with Gasteiger partial charge in [-0.2, -0.15) is 0 Å². The van der Waals surface area contributed by atoms with Gasteiger partial charge in [-0.3, -0.25) is 4.79 Å². The van der Waals surface area contributed by atoms with Crippen LogP contribution in [0.25, 0.3) is 0 Å². The fourth-order valence-corrected chi connectivity index (χ4v) is 1.53. The van der Waals surface area contributed by atoms with Gasteiger partial charge in [-0.05, 0) is 19.0 Å². The average molecular weight is 184 g/mol. The smallest absolute Gasteiger partial charge is 0.223 e. The largest absolute Gasteiger partial charge is 0.377 e. The van der Waals surface area contributed by atoms with Gasteiger partial charge in [-0.1, -0.05) is 6.92 Å². The summed E-state index contributed by atoms with van der Waals surface area (Å²) in [6.45, 7) is 5.33. The zero-order valence-electron chi connectivity index (χ0n) is 7.88. The molecule has 0 aliphatic carbocycles. The molecule has 0 aromatic heterocycles. The number of nitrogens with one attached hydrogen (secondary N) is 2. The van der Waals surface area contributed by atoms with E-state index in [2.05, 4.69) is 10.6 Å². The number of carbonyl (C=O) groups is 1. The van der Waals surface area contributed by atoms with Crippen molar-refractivity contribution in [2.75, 3.05) is 26.3 Å². The Morgan fingerprint density at radius 1 is 1.54 bits per heavy atom. The van der Waals surface area contributed by atoms with E-state index in [1.807, 2.05) is 6.92 Å². The monoisotopic (exact) mass is 184 g/mol. The molecule has 2 heterocycles. The topological polar surface area (TPSA) is 50.4 Å². The molecule has 1 atom stereocenters. The molecule has 1 amide bonds. The van der Waals surface area contributed by atoms with Crippen LogP contribution in [0.5, 0.6) is 0 Å². The van der Waals surface area contributed by atoms with Crippen LogP contribution >= 0.6 is 0 Å². The average Bonchev–Trinajstić information content (AvgIpc) is 1.92. The Morgan fingerprint density at radius 2 is 2.23 bits per heavy atom. The summed E-state index contributed by atoms with van der Waals surface area (Å²) in [4.78, 5) is 11.6. The molecule has 0 bridgehead atoms. The van der Waals surface area contributed by atoms with Crippen LogP contribution in [-0.2, 0) is 9.53 Å². The van der Waals surface area contributed by atoms with Gasteiger partial charge in [0.2, 0.25) is 5.91 Å². The normalized spacial score (nSPS) is 25.9. The van der Waals surface area contributed by atoms with Gasteiger partial charge in [-0.25, -0.2) is 0 Å². The Morgan fingerprint density at radius 3 is 2.62 bits per heavy atom. The lowest BCUT2D eigenvalue weighted by Crippen LogP contribution is -2.54. The zero-order chi connectivity index (χ0) is 9.26. The summed E-state index contributed by atoms with van der Waals surface area (Å²) in [5, 5.41) is 6.15. The number of amides is 1. The van der Waals surface area contributed by atoms with E-state index in [1.165, 1.54) is 0 Å². The highest BCUT2D eigenvalue weighted by atomic mass is 16.5. The summed E-state index contributed by atoms with van der Waals surface area (Å²) in [7, 11) is 0. The summed E-state index contributed by atoms with van der Waals surface area (Å²) in [5.41, 5.74) is 0. The number of hydrogen-bond acceptors (Lipinski definition) is 3. The van der Waals surface area contributed by atoms with Crippen LogP contribution in [0.3, 0.4) is 0 Å². The first-order valence-electron chi connectivity index (χ1n) is 4.86. The highest BCUT2D eigenvalue weighted by molar-refractivity contribution is 5.79. The van der Waals surface area contributed by atoms with Crippen molar-refractivity contribution in [3.05, 3.63) is 0 Å². The third-order valence-electron chi connectivity index (χ3n) is 2.92. The van der Waals surface area contributed by atoms with E-state index < -0.39 is 0 Å². The predicted molar refractivity (Wildman–Crippen MR) is 48.3 cm³/mol. The summed E-state index contributed by atoms with van der Waals surface area (Å²) < 4.78 is 4.99. The molecule has 2 fully saturated rings. The quantitative estimate of drug-likeness (QED) is 0.613. The van der Waals surface area contributed by atoms with Crippen molar-refractivity contribution >= 4 is 5.91 Å². The molecule has 0 spiro atoms. The second-order valence-corrected chi connectivity index (χ2v) is 3.95. The maximum Gasteiger partial charge on any atom is 0.223 e. The minimum Gasteiger partial charge on any atom is -0.377 e. The summed E-state index contributed by atoms with van der Waals surface area (Å²) >= 11 is 0. The molecule has 1 unspecified atom stereocenters. The highest BCUT2D eigenvalue weighted by Crippen LogP contribution is 2.16. The van der Waals surface area contributed by atoms with Gasteiger partial charge in [0.15, 0.2) is 0 Å². The number of hydrogen-bond donors (Lipinski definition) is 2. The van der Waals surface area contributed by atoms with Crippen LogP contribution in [0.4, 0.5) is 0 Å². The van der Waals surface area contributed by atoms with E-state index in [9.17, 15) is 4.79 Å². The molecule has 2 N–H and O–H groups in total. The summed E-state index contributed by atoms with van der Waals surface area (Å²) in [6.07, 6.45) is 0. The lowest BCUT2D eigenvalue weighted by molar-refractivity contribution is -0.130. The molecule has 2 aliphatic heterocycles. The van der Waals surface area contributed by atoms with Crippen molar-refractivity contribution in [2.24, 2.45) is 11.8 Å². The molecular formula is C9H16N2O2. The van der Waals surface area contributed by atoms with Crippen LogP contribution in [0.1, 0.15) is 6.92 Å². The Hall–Kier alpha value is -0.610. The molecule has 0 aromatic carbocycles. The minimum absolute atomic E-state index is 0.141. The van der Waals surface area contributed by atoms with Crippen LogP contribution in [0.2, 0.25) is 0 Å². The first-order valence-corrected chi connectivity index (χ1v) is 4.86. The number of rotatable bonds is 3. The first kappa shape index (κ1) is 8.97. The summed E-state index contributed by atoms with van der Waals surface area (Å²) in [6, 6.07) is 0.267. The Kier molecular flexibility index (Phi) is 2.51. The fraction of sp³-hybridized carbons (Fsp3) is 0.889. The van der Waals surface area contributed by atoms with Gasteiger partial charge in [-0.15, -0.1) is 0 Å². The van der Waals surface area contributed by atoms with Crippen LogP contribution in [0.15, 0.2) is 0 Å². The highest BCUT2D eigenvalue weighted by Gasteiger charge is 2.30. The van der Waals surface area contributed by atoms with Crippen molar-refractivity contribution in [1.29, 1.82) is 0 Å². The fourth-order valence-electron chi connectivity index (χ4n) is 1.53. The standard InChI is InChI=1S/C9H16N2O2/c1-6(7-2-10-3-7)9(12)11-8-4-13-5-8/h6-8,10H,2-5H2,1H3,(H,11,12). The molecule has 4 heteroatoms. The van der Waals surface area contributed by atoms with Crippen LogP contribution < -0.4 is 10.6 Å². The number of carbonyl (C=O) groups excluding carboxylic acids is 1. The third kappa shape index (κ3) is 1.84.